The van der Waals surface area contributed by atoms with Crippen molar-refractivity contribution in [3.63, 3.8) is 0 Å². The Hall–Kier alpha value is -1.46. The number of thiophene rings is 1. The van der Waals surface area contributed by atoms with Crippen LogP contribution in [-0.4, -0.2) is 41.5 Å². The molecule has 1 N–H and O–H groups in total. The molecule has 2 aliphatic heterocycles. The zero-order chi connectivity index (χ0) is 13.5. The van der Waals surface area contributed by atoms with Gasteiger partial charge in [-0.15, -0.1) is 11.3 Å². The van der Waals surface area contributed by atoms with Crippen LogP contribution in [0.5, 0.6) is 0 Å². The van der Waals surface area contributed by atoms with Crippen molar-refractivity contribution in [3.05, 3.63) is 29.4 Å². The molecule has 2 aromatic heterocycles. The van der Waals surface area contributed by atoms with Crippen molar-refractivity contribution in [2.24, 2.45) is 5.92 Å². The van der Waals surface area contributed by atoms with Gasteiger partial charge in [0.1, 0.15) is 5.69 Å². The lowest BCUT2D eigenvalue weighted by Gasteiger charge is -2.30. The van der Waals surface area contributed by atoms with Gasteiger partial charge in [-0.3, -0.25) is 9.78 Å². The lowest BCUT2D eigenvalue weighted by atomic mass is 9.97. The van der Waals surface area contributed by atoms with Crippen LogP contribution in [0.15, 0.2) is 23.7 Å². The number of hydrogen-bond donors (Lipinski definition) is 1. The van der Waals surface area contributed by atoms with Crippen LogP contribution >= 0.6 is 11.3 Å². The normalized spacial score (nSPS) is 28.7. The van der Waals surface area contributed by atoms with Crippen molar-refractivity contribution in [2.75, 3.05) is 19.6 Å². The molecule has 0 radical (unpaired) electrons. The molecule has 2 unspecified atom stereocenters. The van der Waals surface area contributed by atoms with E-state index in [0.717, 1.165) is 29.0 Å². The van der Waals surface area contributed by atoms with Gasteiger partial charge in [-0.25, -0.2) is 0 Å². The first-order chi connectivity index (χ1) is 9.78. The summed E-state index contributed by atoms with van der Waals surface area (Å²) in [5.41, 5.74) is 0.535. The van der Waals surface area contributed by atoms with Crippen molar-refractivity contribution < 1.29 is 4.79 Å². The minimum atomic E-state index is -0.0344. The Morgan fingerprint density at radius 3 is 3.30 bits per heavy atom. The maximum absolute atomic E-state index is 12.3. The fourth-order valence-corrected chi connectivity index (χ4v) is 4.20. The standard InChI is InChI=1S/C15H17N3OS/c19-15(13-6-14-11(7-16-13)2-4-20-14)17-12-5-10-1-3-18(8-10)9-12/h2,4,6-7,10,12H,1,3,5,8-9H2,(H,17,19)/t10?,12-/m1/s1. The van der Waals surface area contributed by atoms with E-state index in [9.17, 15) is 4.79 Å². The maximum atomic E-state index is 12.3. The van der Waals surface area contributed by atoms with Crippen LogP contribution in [0.4, 0.5) is 0 Å². The quantitative estimate of drug-likeness (QED) is 0.920. The van der Waals surface area contributed by atoms with Gasteiger partial charge in [0.25, 0.3) is 5.91 Å². The predicted octanol–water partition coefficient (Wildman–Crippen LogP) is 2.12. The average Bonchev–Trinajstić information content (AvgIpc) is 3.04. The van der Waals surface area contributed by atoms with Gasteiger partial charge in [0.2, 0.25) is 0 Å². The summed E-state index contributed by atoms with van der Waals surface area (Å²) >= 11 is 1.65. The molecule has 2 saturated heterocycles. The van der Waals surface area contributed by atoms with E-state index >= 15 is 0 Å². The molecule has 4 heterocycles. The molecule has 2 aliphatic rings. The van der Waals surface area contributed by atoms with Crippen LogP contribution in [0.2, 0.25) is 0 Å². The van der Waals surface area contributed by atoms with Crippen molar-refractivity contribution in [1.29, 1.82) is 0 Å². The van der Waals surface area contributed by atoms with Crippen LogP contribution in [0.25, 0.3) is 10.1 Å². The summed E-state index contributed by atoms with van der Waals surface area (Å²) in [6, 6.07) is 4.21. The summed E-state index contributed by atoms with van der Waals surface area (Å²) in [5, 5.41) is 6.29. The molecule has 0 saturated carbocycles. The summed E-state index contributed by atoms with van der Waals surface area (Å²) in [7, 11) is 0. The Balaban J connectivity index is 1.49. The smallest absolute Gasteiger partial charge is 0.270 e. The van der Waals surface area contributed by atoms with E-state index in [0.29, 0.717) is 5.69 Å². The van der Waals surface area contributed by atoms with Gasteiger partial charge in [-0.2, -0.15) is 0 Å². The molecule has 2 bridgehead atoms. The fraction of sp³-hybridized carbons (Fsp3) is 0.467. The summed E-state index contributed by atoms with van der Waals surface area (Å²) in [5.74, 6) is 0.731. The van der Waals surface area contributed by atoms with Gasteiger partial charge in [0.05, 0.1) is 0 Å². The first-order valence-corrected chi connectivity index (χ1v) is 8.02. The highest BCUT2D eigenvalue weighted by molar-refractivity contribution is 7.17. The number of carbonyl (C=O) groups is 1. The van der Waals surface area contributed by atoms with Gasteiger partial charge < -0.3 is 10.2 Å². The van der Waals surface area contributed by atoms with E-state index in [1.54, 1.807) is 17.5 Å². The van der Waals surface area contributed by atoms with Crippen molar-refractivity contribution in [1.82, 2.24) is 15.2 Å². The summed E-state index contributed by atoms with van der Waals surface area (Å²) in [6.45, 7) is 3.39. The first kappa shape index (κ1) is 12.3. The Kier molecular flexibility index (Phi) is 2.97. The third-order valence-electron chi connectivity index (χ3n) is 4.37. The Bertz CT molecular complexity index is 641. The second-order valence-electron chi connectivity index (χ2n) is 5.85. The number of nitrogens with one attached hydrogen (secondary N) is 1. The number of fused-ring (bicyclic) bond motifs is 3. The number of aromatic nitrogens is 1. The van der Waals surface area contributed by atoms with Gasteiger partial charge in [0.15, 0.2) is 0 Å². The van der Waals surface area contributed by atoms with E-state index in [1.165, 1.54) is 19.5 Å². The largest absolute Gasteiger partial charge is 0.347 e. The van der Waals surface area contributed by atoms with Crippen LogP contribution in [0.3, 0.4) is 0 Å². The molecule has 0 aromatic carbocycles. The van der Waals surface area contributed by atoms with Gasteiger partial charge in [0, 0.05) is 35.4 Å². The molecular formula is C15H17N3OS. The molecule has 20 heavy (non-hydrogen) atoms. The Labute approximate surface area is 121 Å². The Morgan fingerprint density at radius 2 is 2.40 bits per heavy atom. The molecule has 1 amide bonds. The summed E-state index contributed by atoms with van der Waals surface area (Å²) in [6.07, 6.45) is 4.18. The fourth-order valence-electron chi connectivity index (χ4n) is 3.40. The van der Waals surface area contributed by atoms with Crippen LogP contribution in [-0.2, 0) is 0 Å². The van der Waals surface area contributed by atoms with Gasteiger partial charge >= 0.3 is 0 Å². The van der Waals surface area contributed by atoms with E-state index in [2.05, 4.69) is 15.2 Å². The van der Waals surface area contributed by atoms with Crippen molar-refractivity contribution in [3.8, 4) is 0 Å². The number of carbonyl (C=O) groups excluding carboxylic acids is 1. The SMILES string of the molecule is O=C(N[C@@H]1CC2CCN(C2)C1)c1cc2sccc2cn1. The molecule has 4 nitrogen and oxygen atoms in total. The second-order valence-corrected chi connectivity index (χ2v) is 6.80. The van der Waals surface area contributed by atoms with Crippen LogP contribution in [0.1, 0.15) is 23.3 Å². The second kappa shape index (κ2) is 4.82. The van der Waals surface area contributed by atoms with E-state index in [-0.39, 0.29) is 11.9 Å². The number of pyridine rings is 1. The molecule has 5 heteroatoms. The molecule has 2 aromatic rings. The van der Waals surface area contributed by atoms with Crippen molar-refractivity contribution in [2.45, 2.75) is 18.9 Å². The summed E-state index contributed by atoms with van der Waals surface area (Å²) in [4.78, 5) is 19.1. The Morgan fingerprint density at radius 1 is 1.45 bits per heavy atom. The topological polar surface area (TPSA) is 45.2 Å². The minimum absolute atomic E-state index is 0.0344. The van der Waals surface area contributed by atoms with Gasteiger partial charge in [-0.1, -0.05) is 0 Å². The molecule has 2 fully saturated rings. The predicted molar refractivity (Wildman–Crippen MR) is 80.0 cm³/mol. The molecule has 0 aliphatic carbocycles. The first-order valence-electron chi connectivity index (χ1n) is 7.14. The van der Waals surface area contributed by atoms with Gasteiger partial charge in [-0.05, 0) is 42.8 Å². The van der Waals surface area contributed by atoms with Crippen LogP contribution < -0.4 is 5.32 Å². The van der Waals surface area contributed by atoms with E-state index in [4.69, 9.17) is 0 Å². The zero-order valence-electron chi connectivity index (χ0n) is 11.2. The van der Waals surface area contributed by atoms with E-state index in [1.807, 2.05) is 17.5 Å². The molecule has 3 atom stereocenters. The highest BCUT2D eigenvalue weighted by atomic mass is 32.1. The molecule has 0 spiro atoms. The number of rotatable bonds is 2. The lowest BCUT2D eigenvalue weighted by Crippen LogP contribution is -2.47. The lowest BCUT2D eigenvalue weighted by molar-refractivity contribution is 0.0904. The highest BCUT2D eigenvalue weighted by Gasteiger charge is 2.33. The highest BCUT2D eigenvalue weighted by Crippen LogP contribution is 2.27. The minimum Gasteiger partial charge on any atom is -0.347 e. The molecule has 104 valence electrons. The number of nitrogens with zero attached hydrogens (tertiary/aromatic N) is 2. The maximum Gasteiger partial charge on any atom is 0.270 e. The van der Waals surface area contributed by atoms with E-state index < -0.39 is 0 Å². The zero-order valence-corrected chi connectivity index (χ0v) is 12.0. The summed E-state index contributed by atoms with van der Waals surface area (Å²) < 4.78 is 1.12. The third-order valence-corrected chi connectivity index (χ3v) is 5.25. The molecule has 4 rings (SSSR count). The average molecular weight is 287 g/mol. The number of piperidine rings is 1. The molecular weight excluding hydrogens is 270 g/mol. The number of hydrogen-bond acceptors (Lipinski definition) is 4. The third kappa shape index (κ3) is 2.21. The van der Waals surface area contributed by atoms with Crippen molar-refractivity contribution >= 4 is 27.3 Å². The van der Waals surface area contributed by atoms with Crippen LogP contribution in [0, 0.1) is 5.92 Å². The number of amides is 1. The monoisotopic (exact) mass is 287 g/mol.